The Morgan fingerprint density at radius 2 is 1.77 bits per heavy atom. The lowest BCUT2D eigenvalue weighted by molar-refractivity contribution is 0.0649. The van der Waals surface area contributed by atoms with Crippen molar-refractivity contribution in [1.29, 1.82) is 0 Å². The van der Waals surface area contributed by atoms with E-state index in [0.29, 0.717) is 35.0 Å². The van der Waals surface area contributed by atoms with Crippen LogP contribution in [0.1, 0.15) is 69.9 Å². The predicted molar refractivity (Wildman–Crippen MR) is 118 cm³/mol. The van der Waals surface area contributed by atoms with Gasteiger partial charge in [0.15, 0.2) is 0 Å². The van der Waals surface area contributed by atoms with E-state index in [4.69, 9.17) is 5.73 Å². The van der Waals surface area contributed by atoms with E-state index in [1.807, 2.05) is 6.92 Å². The summed E-state index contributed by atoms with van der Waals surface area (Å²) < 4.78 is 0. The van der Waals surface area contributed by atoms with Crippen LogP contribution in [0.4, 0.5) is 5.82 Å². The van der Waals surface area contributed by atoms with Crippen LogP contribution in [0.3, 0.4) is 0 Å². The quantitative estimate of drug-likeness (QED) is 0.724. The summed E-state index contributed by atoms with van der Waals surface area (Å²) in [7, 11) is 0. The zero-order valence-electron chi connectivity index (χ0n) is 18.2. The highest BCUT2D eigenvalue weighted by atomic mass is 16.2. The number of hydrogen-bond acceptors (Lipinski definition) is 5. The number of imide groups is 1. The van der Waals surface area contributed by atoms with E-state index in [-0.39, 0.29) is 17.4 Å². The molecule has 1 atom stereocenters. The molecule has 31 heavy (non-hydrogen) atoms. The van der Waals surface area contributed by atoms with Gasteiger partial charge in [-0.1, -0.05) is 12.1 Å². The Kier molecular flexibility index (Phi) is 5.29. The van der Waals surface area contributed by atoms with Gasteiger partial charge in [-0.25, -0.2) is 4.98 Å². The average Bonchev–Trinajstić information content (AvgIpc) is 3.15. The number of primary amides is 1. The number of amides is 3. The van der Waals surface area contributed by atoms with E-state index >= 15 is 0 Å². The Morgan fingerprint density at radius 1 is 1.13 bits per heavy atom. The smallest absolute Gasteiger partial charge is 0.261 e. The zero-order chi connectivity index (χ0) is 22.3. The first-order chi connectivity index (χ1) is 14.7. The van der Waals surface area contributed by atoms with Crippen molar-refractivity contribution in [1.82, 2.24) is 9.88 Å². The number of nitrogens with two attached hydrogens (primary N) is 1. The molecule has 1 unspecified atom stereocenters. The molecule has 1 aromatic heterocycles. The molecule has 2 N–H and O–H groups in total. The van der Waals surface area contributed by atoms with Gasteiger partial charge in [-0.15, -0.1) is 0 Å². The van der Waals surface area contributed by atoms with E-state index < -0.39 is 5.91 Å². The fourth-order valence-electron chi connectivity index (χ4n) is 4.87. The number of hydrogen-bond donors (Lipinski definition) is 1. The summed E-state index contributed by atoms with van der Waals surface area (Å²) in [5.41, 5.74) is 7.67. The Hall–Kier alpha value is -3.22. The summed E-state index contributed by atoms with van der Waals surface area (Å²) in [4.78, 5) is 45.2. The van der Waals surface area contributed by atoms with Gasteiger partial charge in [-0.3, -0.25) is 19.3 Å². The molecule has 0 radical (unpaired) electrons. The molecule has 4 rings (SSSR count). The van der Waals surface area contributed by atoms with Gasteiger partial charge in [0, 0.05) is 24.3 Å². The standard InChI is InChI=1S/C24H28N4O3/c1-15-10-11-19(20(25)29)21(26-15)28-14-16(13-24(28,2)3)7-6-12-27-22(30)17-8-4-5-9-18(17)23(27)31/h4-5,8-11,16H,6-7,12-14H2,1-3H3,(H2,25,29). The maximum Gasteiger partial charge on any atom is 0.261 e. The van der Waals surface area contributed by atoms with Crippen molar-refractivity contribution in [3.8, 4) is 0 Å². The van der Waals surface area contributed by atoms with Crippen molar-refractivity contribution < 1.29 is 14.4 Å². The highest BCUT2D eigenvalue weighted by molar-refractivity contribution is 6.21. The highest BCUT2D eigenvalue weighted by Crippen LogP contribution is 2.39. The van der Waals surface area contributed by atoms with Crippen molar-refractivity contribution in [3.63, 3.8) is 0 Å². The monoisotopic (exact) mass is 420 g/mol. The number of aromatic nitrogens is 1. The minimum Gasteiger partial charge on any atom is -0.365 e. The largest absolute Gasteiger partial charge is 0.365 e. The molecule has 162 valence electrons. The lowest BCUT2D eigenvalue weighted by Gasteiger charge is -2.33. The van der Waals surface area contributed by atoms with Gasteiger partial charge in [0.2, 0.25) is 0 Å². The number of rotatable bonds is 6. The normalized spacial score (nSPS) is 19.8. The summed E-state index contributed by atoms with van der Waals surface area (Å²) in [5.74, 6) is 0.119. The van der Waals surface area contributed by atoms with E-state index in [9.17, 15) is 14.4 Å². The first kappa shape index (κ1) is 21.0. The summed E-state index contributed by atoms with van der Waals surface area (Å²) >= 11 is 0. The molecule has 2 aliphatic heterocycles. The Labute approximate surface area is 182 Å². The molecule has 3 amide bonds. The number of pyridine rings is 1. The van der Waals surface area contributed by atoms with E-state index in [1.165, 1.54) is 4.90 Å². The third-order valence-corrected chi connectivity index (χ3v) is 6.37. The van der Waals surface area contributed by atoms with Crippen molar-refractivity contribution in [2.75, 3.05) is 18.0 Å². The maximum absolute atomic E-state index is 12.6. The second-order valence-corrected chi connectivity index (χ2v) is 9.13. The lowest BCUT2D eigenvalue weighted by Crippen LogP contribution is -2.40. The molecular weight excluding hydrogens is 392 g/mol. The zero-order valence-corrected chi connectivity index (χ0v) is 18.2. The molecule has 2 aromatic rings. The first-order valence-corrected chi connectivity index (χ1v) is 10.7. The van der Waals surface area contributed by atoms with Crippen LogP contribution in [0, 0.1) is 12.8 Å². The molecule has 3 heterocycles. The summed E-state index contributed by atoms with van der Waals surface area (Å²) in [6.45, 7) is 7.36. The molecule has 1 saturated heterocycles. The number of carbonyl (C=O) groups is 3. The molecule has 1 fully saturated rings. The number of fused-ring (bicyclic) bond motifs is 1. The van der Waals surface area contributed by atoms with E-state index in [1.54, 1.807) is 36.4 Å². The minimum atomic E-state index is -0.479. The molecule has 7 nitrogen and oxygen atoms in total. The molecule has 0 spiro atoms. The van der Waals surface area contributed by atoms with Crippen LogP contribution in [0.2, 0.25) is 0 Å². The van der Waals surface area contributed by atoms with Crippen molar-refractivity contribution in [2.24, 2.45) is 11.7 Å². The highest BCUT2D eigenvalue weighted by Gasteiger charge is 2.41. The van der Waals surface area contributed by atoms with Gasteiger partial charge >= 0.3 is 0 Å². The van der Waals surface area contributed by atoms with Crippen LogP contribution < -0.4 is 10.6 Å². The van der Waals surface area contributed by atoms with Crippen molar-refractivity contribution >= 4 is 23.5 Å². The van der Waals surface area contributed by atoms with Gasteiger partial charge in [-0.2, -0.15) is 0 Å². The number of benzene rings is 1. The molecular formula is C24H28N4O3. The SMILES string of the molecule is Cc1ccc(C(N)=O)c(N2CC(CCCN3C(=O)c4ccccc4C3=O)CC2(C)C)n1. The van der Waals surface area contributed by atoms with Crippen molar-refractivity contribution in [3.05, 3.63) is 58.8 Å². The lowest BCUT2D eigenvalue weighted by atomic mass is 9.93. The van der Waals surface area contributed by atoms with Gasteiger partial charge in [0.25, 0.3) is 17.7 Å². The number of nitrogens with zero attached hydrogens (tertiary/aromatic N) is 3. The fourth-order valence-corrected chi connectivity index (χ4v) is 4.87. The minimum absolute atomic E-state index is 0.175. The molecule has 1 aromatic carbocycles. The first-order valence-electron chi connectivity index (χ1n) is 10.7. The number of carbonyl (C=O) groups excluding carboxylic acids is 3. The molecule has 0 bridgehead atoms. The third-order valence-electron chi connectivity index (χ3n) is 6.37. The van der Waals surface area contributed by atoms with Crippen LogP contribution in [0.5, 0.6) is 0 Å². The van der Waals surface area contributed by atoms with E-state index in [2.05, 4.69) is 23.7 Å². The topological polar surface area (TPSA) is 96.6 Å². The number of anilines is 1. The van der Waals surface area contributed by atoms with E-state index in [0.717, 1.165) is 31.5 Å². The van der Waals surface area contributed by atoms with Gasteiger partial charge < -0.3 is 10.6 Å². The molecule has 0 aliphatic carbocycles. The number of aryl methyl sites for hydroxylation is 1. The fraction of sp³-hybridized carbons (Fsp3) is 0.417. The van der Waals surface area contributed by atoms with Crippen LogP contribution in [0.25, 0.3) is 0 Å². The molecule has 7 heteroatoms. The van der Waals surface area contributed by atoms with Crippen LogP contribution in [0.15, 0.2) is 36.4 Å². The van der Waals surface area contributed by atoms with Crippen LogP contribution >= 0.6 is 0 Å². The van der Waals surface area contributed by atoms with Crippen LogP contribution in [-0.2, 0) is 0 Å². The summed E-state index contributed by atoms with van der Waals surface area (Å²) in [6, 6.07) is 10.5. The second kappa shape index (κ2) is 7.80. The Morgan fingerprint density at radius 3 is 2.39 bits per heavy atom. The summed E-state index contributed by atoms with van der Waals surface area (Å²) in [6.07, 6.45) is 2.55. The Balaban J connectivity index is 1.42. The van der Waals surface area contributed by atoms with Crippen molar-refractivity contribution in [2.45, 2.75) is 45.6 Å². The predicted octanol–water partition coefficient (Wildman–Crippen LogP) is 3.17. The Bertz CT molecular complexity index is 1030. The molecule has 2 aliphatic rings. The maximum atomic E-state index is 12.6. The third kappa shape index (κ3) is 3.80. The second-order valence-electron chi connectivity index (χ2n) is 9.13. The molecule has 0 saturated carbocycles. The van der Waals surface area contributed by atoms with Crippen LogP contribution in [-0.4, -0.2) is 46.2 Å². The van der Waals surface area contributed by atoms with Gasteiger partial charge in [-0.05, 0) is 70.2 Å². The van der Waals surface area contributed by atoms with Gasteiger partial charge in [0.1, 0.15) is 5.82 Å². The average molecular weight is 421 g/mol. The van der Waals surface area contributed by atoms with Gasteiger partial charge in [0.05, 0.1) is 16.7 Å². The summed E-state index contributed by atoms with van der Waals surface area (Å²) in [5, 5.41) is 0.